The van der Waals surface area contributed by atoms with Gasteiger partial charge < -0.3 is 8.98 Å². The van der Waals surface area contributed by atoms with E-state index >= 15 is 0 Å². The highest BCUT2D eigenvalue weighted by atomic mass is 16.3. The fourth-order valence-corrected chi connectivity index (χ4v) is 7.65. The van der Waals surface area contributed by atoms with Crippen molar-refractivity contribution in [3.05, 3.63) is 170 Å². The Kier molecular flexibility index (Phi) is 6.42. The third-order valence-corrected chi connectivity index (χ3v) is 10.0. The zero-order chi connectivity index (χ0) is 34.9. The molecule has 4 aromatic heterocycles. The Labute approximate surface area is 303 Å². The number of nitrogens with zero attached hydrogens (tertiary/aromatic N) is 6. The molecule has 0 spiro atoms. The molecule has 7 aromatic carbocycles. The van der Waals surface area contributed by atoms with E-state index < -0.39 is 0 Å². The van der Waals surface area contributed by atoms with Crippen LogP contribution in [0.4, 0.5) is 0 Å². The predicted molar refractivity (Wildman–Crippen MR) is 212 cm³/mol. The Balaban J connectivity index is 1.24. The maximum atomic E-state index is 6.28. The van der Waals surface area contributed by atoms with Crippen molar-refractivity contribution in [1.29, 1.82) is 0 Å². The summed E-state index contributed by atoms with van der Waals surface area (Å²) in [5.74, 6) is 1.69. The molecule has 0 saturated heterocycles. The van der Waals surface area contributed by atoms with Crippen molar-refractivity contribution in [3.8, 4) is 45.9 Å². The van der Waals surface area contributed by atoms with Gasteiger partial charge in [-0.05, 0) is 47.5 Å². The molecule has 0 radical (unpaired) electrons. The standard InChI is InChI=1S/C46H28N6O/c1-3-13-29(14-4-1)30-23-25-31(26-24-30)43-48-44(45-47-37-19-9-12-22-40(37)53-45)50-46(49-43)52-39-21-11-8-18-34(39)36-28-27-35-33-17-7-10-20-38(33)51(41(35)42(36)52)32-15-5-2-6-16-32/h1-28H. The van der Waals surface area contributed by atoms with Crippen LogP contribution < -0.4 is 0 Å². The van der Waals surface area contributed by atoms with E-state index in [4.69, 9.17) is 24.4 Å². The van der Waals surface area contributed by atoms with Gasteiger partial charge in [-0.1, -0.05) is 133 Å². The summed E-state index contributed by atoms with van der Waals surface area (Å²) in [5.41, 5.74) is 9.79. The van der Waals surface area contributed by atoms with Crippen LogP contribution in [0.3, 0.4) is 0 Å². The molecule has 7 heteroatoms. The zero-order valence-electron chi connectivity index (χ0n) is 28.3. The summed E-state index contributed by atoms with van der Waals surface area (Å²) in [5, 5.41) is 4.52. The molecule has 0 saturated carbocycles. The van der Waals surface area contributed by atoms with Crippen LogP contribution in [0.25, 0.3) is 101 Å². The average Bonchev–Trinajstić information content (AvgIpc) is 3.92. The Morgan fingerprint density at radius 2 is 0.925 bits per heavy atom. The summed E-state index contributed by atoms with van der Waals surface area (Å²) in [6, 6.07) is 58.4. The van der Waals surface area contributed by atoms with Gasteiger partial charge in [-0.2, -0.15) is 9.97 Å². The number of hydrogen-bond donors (Lipinski definition) is 0. The smallest absolute Gasteiger partial charge is 0.266 e. The fraction of sp³-hybridized carbons (Fsp3) is 0. The molecule has 0 aliphatic rings. The summed E-state index contributed by atoms with van der Waals surface area (Å²) >= 11 is 0. The first-order chi connectivity index (χ1) is 26.3. The Bertz CT molecular complexity index is 3130. The largest absolute Gasteiger partial charge is 0.434 e. The van der Waals surface area contributed by atoms with Gasteiger partial charge in [0.15, 0.2) is 11.4 Å². The predicted octanol–water partition coefficient (Wildman–Crippen LogP) is 11.2. The minimum atomic E-state index is 0.335. The molecular weight excluding hydrogens is 653 g/mol. The van der Waals surface area contributed by atoms with Gasteiger partial charge in [0, 0.05) is 32.8 Å². The second kappa shape index (κ2) is 11.6. The number of fused-ring (bicyclic) bond motifs is 8. The lowest BCUT2D eigenvalue weighted by atomic mass is 10.0. The molecular formula is C46H28N6O. The van der Waals surface area contributed by atoms with Gasteiger partial charge in [-0.15, -0.1) is 0 Å². The van der Waals surface area contributed by atoms with Crippen LogP contribution >= 0.6 is 0 Å². The SMILES string of the molecule is c1ccc(-c2ccc(-c3nc(-c4nc5ccccc5o4)nc(-n4c5ccccc5c5ccc6c7ccccc7n(-c7ccccc7)c6c54)n3)cc2)cc1. The van der Waals surface area contributed by atoms with E-state index in [9.17, 15) is 0 Å². The maximum Gasteiger partial charge on any atom is 0.266 e. The number of rotatable bonds is 5. The van der Waals surface area contributed by atoms with Crippen LogP contribution in [-0.4, -0.2) is 29.1 Å². The van der Waals surface area contributed by atoms with Crippen molar-refractivity contribution in [2.24, 2.45) is 0 Å². The molecule has 7 nitrogen and oxygen atoms in total. The normalized spacial score (nSPS) is 11.8. The van der Waals surface area contributed by atoms with E-state index in [-0.39, 0.29) is 0 Å². The second-order valence-electron chi connectivity index (χ2n) is 13.1. The van der Waals surface area contributed by atoms with Gasteiger partial charge in [0.1, 0.15) is 5.52 Å². The summed E-state index contributed by atoms with van der Waals surface area (Å²) in [7, 11) is 0. The lowest BCUT2D eigenvalue weighted by Crippen LogP contribution is -2.07. The van der Waals surface area contributed by atoms with E-state index in [1.165, 1.54) is 5.39 Å². The first-order valence-corrected chi connectivity index (χ1v) is 17.6. The molecule has 0 atom stereocenters. The number of aromatic nitrogens is 6. The number of para-hydroxylation sites is 5. The van der Waals surface area contributed by atoms with Crippen LogP contribution in [0.2, 0.25) is 0 Å². The molecule has 53 heavy (non-hydrogen) atoms. The minimum absolute atomic E-state index is 0.335. The molecule has 0 bridgehead atoms. The summed E-state index contributed by atoms with van der Waals surface area (Å²) in [6.45, 7) is 0. The third-order valence-electron chi connectivity index (χ3n) is 10.0. The molecule has 0 unspecified atom stereocenters. The van der Waals surface area contributed by atoms with Crippen LogP contribution in [0.15, 0.2) is 174 Å². The fourth-order valence-electron chi connectivity index (χ4n) is 7.65. The van der Waals surface area contributed by atoms with Gasteiger partial charge >= 0.3 is 0 Å². The third kappa shape index (κ3) is 4.61. The second-order valence-corrected chi connectivity index (χ2v) is 13.1. The van der Waals surface area contributed by atoms with Crippen molar-refractivity contribution in [2.45, 2.75) is 0 Å². The van der Waals surface area contributed by atoms with Gasteiger partial charge in [-0.25, -0.2) is 9.97 Å². The van der Waals surface area contributed by atoms with E-state index in [0.717, 1.165) is 66.1 Å². The molecule has 0 aliphatic carbocycles. The van der Waals surface area contributed by atoms with Crippen molar-refractivity contribution in [1.82, 2.24) is 29.1 Å². The molecule has 0 amide bonds. The van der Waals surface area contributed by atoms with E-state index in [0.29, 0.717) is 29.1 Å². The van der Waals surface area contributed by atoms with E-state index in [1.54, 1.807) is 0 Å². The van der Waals surface area contributed by atoms with Gasteiger partial charge in [-0.3, -0.25) is 4.57 Å². The Morgan fingerprint density at radius 3 is 1.64 bits per heavy atom. The molecule has 0 aliphatic heterocycles. The van der Waals surface area contributed by atoms with E-state index in [1.807, 2.05) is 42.5 Å². The Morgan fingerprint density at radius 1 is 0.377 bits per heavy atom. The van der Waals surface area contributed by atoms with Crippen molar-refractivity contribution < 1.29 is 4.42 Å². The molecule has 0 fully saturated rings. The van der Waals surface area contributed by atoms with Crippen LogP contribution in [-0.2, 0) is 0 Å². The molecule has 248 valence electrons. The average molecular weight is 681 g/mol. The number of benzene rings is 7. The highest BCUT2D eigenvalue weighted by molar-refractivity contribution is 6.23. The summed E-state index contributed by atoms with van der Waals surface area (Å²) in [6.07, 6.45) is 0. The molecule has 11 rings (SSSR count). The van der Waals surface area contributed by atoms with Crippen molar-refractivity contribution >= 4 is 54.7 Å². The van der Waals surface area contributed by atoms with E-state index in [2.05, 4.69) is 137 Å². The maximum absolute atomic E-state index is 6.28. The first-order valence-electron chi connectivity index (χ1n) is 17.6. The van der Waals surface area contributed by atoms with Gasteiger partial charge in [0.25, 0.3) is 5.89 Å². The quantitative estimate of drug-likeness (QED) is 0.181. The van der Waals surface area contributed by atoms with Crippen LogP contribution in [0.5, 0.6) is 0 Å². The number of hydrogen-bond acceptors (Lipinski definition) is 5. The number of oxazole rings is 1. The molecule has 11 aromatic rings. The Hall–Kier alpha value is -7.38. The summed E-state index contributed by atoms with van der Waals surface area (Å²) < 4.78 is 10.8. The van der Waals surface area contributed by atoms with Crippen LogP contribution in [0, 0.1) is 0 Å². The summed E-state index contributed by atoms with van der Waals surface area (Å²) in [4.78, 5) is 20.2. The topological polar surface area (TPSA) is 74.6 Å². The lowest BCUT2D eigenvalue weighted by Gasteiger charge is -2.12. The van der Waals surface area contributed by atoms with Gasteiger partial charge in [0.2, 0.25) is 11.8 Å². The van der Waals surface area contributed by atoms with Gasteiger partial charge in [0.05, 0.1) is 22.1 Å². The first kappa shape index (κ1) is 29.4. The highest BCUT2D eigenvalue weighted by Crippen LogP contribution is 2.41. The van der Waals surface area contributed by atoms with Crippen LogP contribution in [0.1, 0.15) is 0 Å². The zero-order valence-corrected chi connectivity index (χ0v) is 28.3. The monoisotopic (exact) mass is 680 g/mol. The highest BCUT2D eigenvalue weighted by Gasteiger charge is 2.24. The minimum Gasteiger partial charge on any atom is -0.434 e. The van der Waals surface area contributed by atoms with Crippen molar-refractivity contribution in [3.63, 3.8) is 0 Å². The molecule has 0 N–H and O–H groups in total. The lowest BCUT2D eigenvalue weighted by molar-refractivity contribution is 0.612. The van der Waals surface area contributed by atoms with Crippen molar-refractivity contribution in [2.75, 3.05) is 0 Å². The molecule has 4 heterocycles.